The van der Waals surface area contributed by atoms with Gasteiger partial charge in [0.1, 0.15) is 11.5 Å². The molecule has 7 nitrogen and oxygen atoms in total. The lowest BCUT2D eigenvalue weighted by Crippen LogP contribution is -2.27. The minimum absolute atomic E-state index is 0.00694. The maximum atomic E-state index is 13.5. The number of ketones is 2. The number of amides is 1. The summed E-state index contributed by atoms with van der Waals surface area (Å²) >= 11 is 0. The van der Waals surface area contributed by atoms with Crippen LogP contribution in [0.1, 0.15) is 63.6 Å². The lowest BCUT2D eigenvalue weighted by atomic mass is 9.82. The van der Waals surface area contributed by atoms with Gasteiger partial charge < -0.3 is 9.88 Å². The van der Waals surface area contributed by atoms with Crippen LogP contribution in [0.4, 0.5) is 10.1 Å². The molecule has 1 amide bonds. The van der Waals surface area contributed by atoms with E-state index in [9.17, 15) is 18.8 Å². The number of carbonyl (C=O) groups is 3. The minimum Gasteiger partial charge on any atom is -0.343 e. The predicted octanol–water partition coefficient (Wildman–Crippen LogP) is 4.19. The monoisotopic (exact) mass is 452 g/mol. The van der Waals surface area contributed by atoms with Gasteiger partial charge in [-0.05, 0) is 56.2 Å². The maximum Gasteiger partial charge on any atom is 0.272 e. The van der Waals surface area contributed by atoms with E-state index in [1.165, 1.54) is 18.2 Å². The molecule has 0 saturated carbocycles. The van der Waals surface area contributed by atoms with Gasteiger partial charge in [0.2, 0.25) is 11.6 Å². The molecule has 0 radical (unpaired) electrons. The van der Waals surface area contributed by atoms with Gasteiger partial charge >= 0.3 is 0 Å². The Morgan fingerprint density at radius 2 is 1.76 bits per heavy atom. The zero-order valence-electron chi connectivity index (χ0n) is 20.0. The lowest BCUT2D eigenvalue weighted by Gasteiger charge is -2.21. The molecule has 3 aromatic rings. The molecule has 33 heavy (non-hydrogen) atoms. The summed E-state index contributed by atoms with van der Waals surface area (Å²) in [6.07, 6.45) is 1.79. The Labute approximate surface area is 192 Å². The number of benzene rings is 1. The minimum atomic E-state index is -0.624. The molecule has 8 heteroatoms. The second-order valence-electron chi connectivity index (χ2n) is 9.10. The number of aryl methyl sites for hydroxylation is 2. The van der Waals surface area contributed by atoms with Crippen molar-refractivity contribution in [2.24, 2.45) is 14.1 Å². The summed E-state index contributed by atoms with van der Waals surface area (Å²) in [5.41, 5.74) is 2.42. The highest BCUT2D eigenvalue weighted by atomic mass is 19.1. The predicted molar refractivity (Wildman–Crippen MR) is 124 cm³/mol. The molecular weight excluding hydrogens is 423 g/mol. The zero-order chi connectivity index (χ0) is 24.7. The first-order valence-corrected chi connectivity index (χ1v) is 10.6. The first-order chi connectivity index (χ1) is 15.3. The summed E-state index contributed by atoms with van der Waals surface area (Å²) in [6, 6.07) is 6.12. The van der Waals surface area contributed by atoms with Gasteiger partial charge in [-0.15, -0.1) is 0 Å². The number of hydrogen-bond acceptors (Lipinski definition) is 4. The SMILES string of the molecule is Cc1cc(NC(=O)c2c(C)c(C(=O)C(=O)CC(C)(C)c3ccn(C)n3)c(C)n2C)ccc1F. The third kappa shape index (κ3) is 4.65. The molecule has 3 rings (SSSR count). The molecule has 0 fully saturated rings. The Balaban J connectivity index is 1.87. The van der Waals surface area contributed by atoms with Crippen molar-refractivity contribution in [3.63, 3.8) is 0 Å². The van der Waals surface area contributed by atoms with Crippen LogP contribution in [0.25, 0.3) is 0 Å². The number of hydrogen-bond donors (Lipinski definition) is 1. The molecule has 2 aromatic heterocycles. The van der Waals surface area contributed by atoms with Gasteiger partial charge in [0.05, 0.1) is 11.3 Å². The second-order valence-corrected chi connectivity index (χ2v) is 9.10. The van der Waals surface area contributed by atoms with Crippen molar-refractivity contribution >= 4 is 23.2 Å². The van der Waals surface area contributed by atoms with Crippen LogP contribution in [0.5, 0.6) is 0 Å². The molecule has 2 heterocycles. The summed E-state index contributed by atoms with van der Waals surface area (Å²) in [5.74, 6) is -1.96. The Kier molecular flexibility index (Phi) is 6.40. The number of rotatable bonds is 7. The highest BCUT2D eigenvalue weighted by molar-refractivity contribution is 6.44. The summed E-state index contributed by atoms with van der Waals surface area (Å²) < 4.78 is 16.8. The van der Waals surface area contributed by atoms with E-state index in [0.717, 1.165) is 5.69 Å². The number of nitrogens with zero attached hydrogens (tertiary/aromatic N) is 3. The van der Waals surface area contributed by atoms with Gasteiger partial charge in [-0.1, -0.05) is 13.8 Å². The average molecular weight is 453 g/mol. The van der Waals surface area contributed by atoms with Crippen molar-refractivity contribution in [3.8, 4) is 0 Å². The smallest absolute Gasteiger partial charge is 0.272 e. The van der Waals surface area contributed by atoms with Gasteiger partial charge in [0, 0.05) is 43.5 Å². The van der Waals surface area contributed by atoms with Crippen molar-refractivity contribution in [2.45, 2.75) is 46.5 Å². The van der Waals surface area contributed by atoms with Crippen molar-refractivity contribution in [1.29, 1.82) is 0 Å². The quantitative estimate of drug-likeness (QED) is 0.430. The van der Waals surface area contributed by atoms with Crippen LogP contribution in [0.15, 0.2) is 30.5 Å². The fourth-order valence-electron chi connectivity index (χ4n) is 4.03. The second kappa shape index (κ2) is 8.77. The zero-order valence-corrected chi connectivity index (χ0v) is 20.0. The van der Waals surface area contributed by atoms with Crippen LogP contribution in [0.2, 0.25) is 0 Å². The van der Waals surface area contributed by atoms with Crippen molar-refractivity contribution in [2.75, 3.05) is 5.32 Å². The highest BCUT2D eigenvalue weighted by Crippen LogP contribution is 2.29. The molecule has 0 aliphatic rings. The van der Waals surface area contributed by atoms with E-state index < -0.39 is 22.9 Å². The Morgan fingerprint density at radius 3 is 2.33 bits per heavy atom. The molecule has 1 N–H and O–H groups in total. The normalized spacial score (nSPS) is 11.5. The topological polar surface area (TPSA) is 86.0 Å². The van der Waals surface area contributed by atoms with Gasteiger partial charge in [-0.2, -0.15) is 5.10 Å². The van der Waals surface area contributed by atoms with Gasteiger partial charge in [0.25, 0.3) is 5.91 Å². The summed E-state index contributed by atoms with van der Waals surface area (Å²) in [7, 11) is 3.47. The molecule has 1 aromatic carbocycles. The third-order valence-corrected chi connectivity index (χ3v) is 6.05. The number of nitrogens with one attached hydrogen (secondary N) is 1. The Morgan fingerprint density at radius 1 is 1.09 bits per heavy atom. The number of carbonyl (C=O) groups excluding carboxylic acids is 3. The number of Topliss-reactive ketones (excluding diaryl/α,β-unsaturated/α-hetero) is 2. The summed E-state index contributed by atoms with van der Waals surface area (Å²) in [6.45, 7) is 8.71. The van der Waals surface area contributed by atoms with E-state index in [4.69, 9.17) is 0 Å². The van der Waals surface area contributed by atoms with Crippen LogP contribution in [-0.2, 0) is 24.3 Å². The molecule has 0 saturated heterocycles. The van der Waals surface area contributed by atoms with Crippen molar-refractivity contribution in [1.82, 2.24) is 14.3 Å². The first-order valence-electron chi connectivity index (χ1n) is 10.6. The number of anilines is 1. The largest absolute Gasteiger partial charge is 0.343 e. The fraction of sp³-hybridized carbons (Fsp3) is 0.360. The fourth-order valence-corrected chi connectivity index (χ4v) is 4.03. The van der Waals surface area contributed by atoms with Crippen LogP contribution in [0, 0.1) is 26.6 Å². The first kappa shape index (κ1) is 24.1. The van der Waals surface area contributed by atoms with E-state index in [1.807, 2.05) is 19.9 Å². The Hall–Kier alpha value is -3.55. The van der Waals surface area contributed by atoms with E-state index in [-0.39, 0.29) is 23.5 Å². The summed E-state index contributed by atoms with van der Waals surface area (Å²) in [4.78, 5) is 39.1. The lowest BCUT2D eigenvalue weighted by molar-refractivity contribution is -0.116. The van der Waals surface area contributed by atoms with Crippen LogP contribution < -0.4 is 5.32 Å². The third-order valence-electron chi connectivity index (χ3n) is 6.05. The van der Waals surface area contributed by atoms with Crippen LogP contribution in [0.3, 0.4) is 0 Å². The van der Waals surface area contributed by atoms with Crippen LogP contribution >= 0.6 is 0 Å². The summed E-state index contributed by atoms with van der Waals surface area (Å²) in [5, 5.41) is 7.11. The average Bonchev–Trinajstić information content (AvgIpc) is 3.26. The standard InChI is InChI=1S/C25H29FN4O3/c1-14-12-17(8-9-18(14)26)27-24(33)22-15(2)21(16(3)30(22)7)23(32)19(31)13-25(4,5)20-10-11-29(6)28-20/h8-12H,13H2,1-7H3,(H,27,33). The van der Waals surface area contributed by atoms with Gasteiger partial charge in [-0.3, -0.25) is 19.1 Å². The Bertz CT molecular complexity index is 1270. The van der Waals surface area contributed by atoms with E-state index >= 15 is 0 Å². The number of halogens is 1. The molecule has 0 bridgehead atoms. The van der Waals surface area contributed by atoms with E-state index in [1.54, 1.807) is 50.3 Å². The molecule has 174 valence electrons. The molecule has 0 aliphatic carbocycles. The van der Waals surface area contributed by atoms with Crippen molar-refractivity contribution in [3.05, 3.63) is 70.1 Å². The van der Waals surface area contributed by atoms with Gasteiger partial charge in [0.15, 0.2) is 0 Å². The van der Waals surface area contributed by atoms with Gasteiger partial charge in [-0.25, -0.2) is 4.39 Å². The maximum absolute atomic E-state index is 13.5. The van der Waals surface area contributed by atoms with E-state index in [0.29, 0.717) is 22.5 Å². The molecule has 0 unspecified atom stereocenters. The van der Waals surface area contributed by atoms with E-state index in [2.05, 4.69) is 10.4 Å². The molecule has 0 atom stereocenters. The molecular formula is C25H29FN4O3. The number of aromatic nitrogens is 3. The highest BCUT2D eigenvalue weighted by Gasteiger charge is 2.33. The van der Waals surface area contributed by atoms with Crippen molar-refractivity contribution < 1.29 is 18.8 Å². The van der Waals surface area contributed by atoms with Crippen LogP contribution in [-0.4, -0.2) is 31.8 Å². The molecule has 0 aliphatic heterocycles. The molecule has 0 spiro atoms.